The summed E-state index contributed by atoms with van der Waals surface area (Å²) in [7, 11) is 2.11. The van der Waals surface area contributed by atoms with E-state index in [0.717, 1.165) is 61.7 Å². The minimum atomic E-state index is -4.46. The second-order valence-electron chi connectivity index (χ2n) is 7.49. The number of alkyl halides is 3. The normalized spacial score (nSPS) is 14.9. The summed E-state index contributed by atoms with van der Waals surface area (Å²) in [4.78, 5) is 28.5. The first-order valence-electron chi connectivity index (χ1n) is 10.0. The summed E-state index contributed by atoms with van der Waals surface area (Å²) in [5.41, 5.74) is 1.49. The maximum absolute atomic E-state index is 12.6. The van der Waals surface area contributed by atoms with Gasteiger partial charge < -0.3 is 20.4 Å². The number of anilines is 2. The van der Waals surface area contributed by atoms with Crippen LogP contribution in [0.15, 0.2) is 48.5 Å². The summed E-state index contributed by atoms with van der Waals surface area (Å²) in [6.45, 7) is 4.30. The van der Waals surface area contributed by atoms with Crippen LogP contribution in [0.4, 0.5) is 24.5 Å². The van der Waals surface area contributed by atoms with Gasteiger partial charge in [0, 0.05) is 44.1 Å². The zero-order valence-corrected chi connectivity index (χ0v) is 17.2. The van der Waals surface area contributed by atoms with Crippen molar-refractivity contribution in [3.05, 3.63) is 59.7 Å². The van der Waals surface area contributed by atoms with Gasteiger partial charge in [0.25, 0.3) is 0 Å². The largest absolute Gasteiger partial charge is 0.416 e. The van der Waals surface area contributed by atoms with Crippen molar-refractivity contribution in [1.82, 2.24) is 10.2 Å². The van der Waals surface area contributed by atoms with E-state index in [0.29, 0.717) is 6.42 Å². The second-order valence-corrected chi connectivity index (χ2v) is 7.49. The van der Waals surface area contributed by atoms with Crippen LogP contribution in [0.3, 0.4) is 0 Å². The molecule has 9 heteroatoms. The predicted molar refractivity (Wildman–Crippen MR) is 113 cm³/mol. The fourth-order valence-corrected chi connectivity index (χ4v) is 3.27. The van der Waals surface area contributed by atoms with Crippen LogP contribution in [0.25, 0.3) is 0 Å². The molecule has 0 bridgehead atoms. The molecule has 166 valence electrons. The average Bonchev–Trinajstić information content (AvgIpc) is 2.74. The highest BCUT2D eigenvalue weighted by molar-refractivity contribution is 6.39. The van der Waals surface area contributed by atoms with Crippen LogP contribution >= 0.6 is 0 Å². The number of benzene rings is 2. The second kappa shape index (κ2) is 9.82. The van der Waals surface area contributed by atoms with Crippen molar-refractivity contribution in [2.75, 3.05) is 50.0 Å². The van der Waals surface area contributed by atoms with Gasteiger partial charge in [0.2, 0.25) is 0 Å². The summed E-state index contributed by atoms with van der Waals surface area (Å²) in [5.74, 6) is -1.76. The van der Waals surface area contributed by atoms with Crippen molar-refractivity contribution in [2.45, 2.75) is 12.6 Å². The Morgan fingerprint density at radius 1 is 0.903 bits per heavy atom. The highest BCUT2D eigenvalue weighted by Gasteiger charge is 2.30. The van der Waals surface area contributed by atoms with Crippen LogP contribution in [0.5, 0.6) is 0 Å². The Balaban J connectivity index is 1.42. The molecule has 0 atom stereocenters. The highest BCUT2D eigenvalue weighted by atomic mass is 19.4. The Bertz CT molecular complexity index is 890. The predicted octanol–water partition coefficient (Wildman–Crippen LogP) is 2.75. The topological polar surface area (TPSA) is 64.7 Å². The number of hydrogen-bond acceptors (Lipinski definition) is 4. The van der Waals surface area contributed by atoms with Gasteiger partial charge in [-0.1, -0.05) is 12.1 Å². The molecule has 1 fully saturated rings. The number of carbonyl (C=O) groups is 2. The number of piperazine rings is 1. The maximum Gasteiger partial charge on any atom is 0.416 e. The molecule has 0 radical (unpaired) electrons. The molecule has 0 spiro atoms. The molecule has 1 aliphatic rings. The van der Waals surface area contributed by atoms with Crippen LogP contribution < -0.4 is 15.5 Å². The van der Waals surface area contributed by atoms with Crippen LogP contribution in [0.1, 0.15) is 11.1 Å². The first-order valence-corrected chi connectivity index (χ1v) is 10.0. The monoisotopic (exact) mass is 434 g/mol. The molecule has 0 aliphatic carbocycles. The molecule has 2 aromatic carbocycles. The molecule has 1 aliphatic heterocycles. The Morgan fingerprint density at radius 3 is 2.10 bits per heavy atom. The van der Waals surface area contributed by atoms with Gasteiger partial charge in [0.1, 0.15) is 0 Å². The first kappa shape index (κ1) is 22.6. The van der Waals surface area contributed by atoms with E-state index < -0.39 is 23.6 Å². The van der Waals surface area contributed by atoms with Gasteiger partial charge in [0.15, 0.2) is 0 Å². The van der Waals surface area contributed by atoms with Crippen LogP contribution in [0, 0.1) is 0 Å². The van der Waals surface area contributed by atoms with E-state index >= 15 is 0 Å². The van der Waals surface area contributed by atoms with Crippen LogP contribution in [-0.2, 0) is 22.2 Å². The van der Waals surface area contributed by atoms with Gasteiger partial charge in [-0.2, -0.15) is 13.2 Å². The fourth-order valence-electron chi connectivity index (χ4n) is 3.27. The number of nitrogens with zero attached hydrogens (tertiary/aromatic N) is 2. The lowest BCUT2D eigenvalue weighted by molar-refractivity contribution is -0.137. The minimum Gasteiger partial charge on any atom is -0.369 e. The third-order valence-electron chi connectivity index (χ3n) is 5.18. The number of likely N-dealkylation sites (N-methyl/N-ethyl adjacent to an activating group) is 1. The van der Waals surface area contributed by atoms with Gasteiger partial charge >= 0.3 is 18.0 Å². The lowest BCUT2D eigenvalue weighted by Gasteiger charge is -2.34. The van der Waals surface area contributed by atoms with E-state index in [9.17, 15) is 22.8 Å². The smallest absolute Gasteiger partial charge is 0.369 e. The summed E-state index contributed by atoms with van der Waals surface area (Å²) < 4.78 is 37.7. The fraction of sp³-hybridized carbons (Fsp3) is 0.364. The minimum absolute atomic E-state index is 0.118. The van der Waals surface area contributed by atoms with E-state index in [1.807, 2.05) is 12.1 Å². The molecular formula is C22H25F3N4O2. The van der Waals surface area contributed by atoms with E-state index in [1.54, 1.807) is 0 Å². The number of halogens is 3. The quantitative estimate of drug-likeness (QED) is 0.711. The Kier molecular flexibility index (Phi) is 7.17. The lowest BCUT2D eigenvalue weighted by Crippen LogP contribution is -2.44. The standard InChI is InChI=1S/C22H25F3N4O2/c1-28-12-14-29(15-13-28)19-8-2-16(3-9-19)10-11-26-20(30)21(31)27-18-6-4-17(5-7-18)22(23,24)25/h2-9H,10-15H2,1H3,(H,26,30)(H,27,31). The van der Waals surface area contributed by atoms with Crippen molar-refractivity contribution in [3.63, 3.8) is 0 Å². The molecule has 2 N–H and O–H groups in total. The number of hydrogen-bond donors (Lipinski definition) is 2. The third kappa shape index (κ3) is 6.45. The lowest BCUT2D eigenvalue weighted by atomic mass is 10.1. The van der Waals surface area contributed by atoms with E-state index in [1.165, 1.54) is 0 Å². The molecule has 0 saturated carbocycles. The molecule has 6 nitrogen and oxygen atoms in total. The molecule has 2 aromatic rings. The molecule has 0 aromatic heterocycles. The molecule has 31 heavy (non-hydrogen) atoms. The third-order valence-corrected chi connectivity index (χ3v) is 5.18. The van der Waals surface area contributed by atoms with Crippen LogP contribution in [-0.4, -0.2) is 56.5 Å². The molecular weight excluding hydrogens is 409 g/mol. The molecule has 1 saturated heterocycles. The van der Waals surface area contributed by atoms with Gasteiger partial charge in [-0.3, -0.25) is 9.59 Å². The van der Waals surface area contributed by atoms with Gasteiger partial charge in [-0.15, -0.1) is 0 Å². The Hall–Kier alpha value is -3.07. The van der Waals surface area contributed by atoms with Gasteiger partial charge in [-0.05, 0) is 55.4 Å². The first-order chi connectivity index (χ1) is 14.7. The van der Waals surface area contributed by atoms with E-state index in [-0.39, 0.29) is 12.2 Å². The van der Waals surface area contributed by atoms with Crippen LogP contribution in [0.2, 0.25) is 0 Å². The number of rotatable bonds is 5. The summed E-state index contributed by atoms with van der Waals surface area (Å²) in [5, 5.41) is 4.81. The van der Waals surface area contributed by atoms with Crippen molar-refractivity contribution in [1.29, 1.82) is 0 Å². The number of nitrogens with one attached hydrogen (secondary N) is 2. The zero-order valence-electron chi connectivity index (χ0n) is 17.2. The van der Waals surface area contributed by atoms with Gasteiger partial charge in [-0.25, -0.2) is 0 Å². The zero-order chi connectivity index (χ0) is 22.4. The average molecular weight is 434 g/mol. The highest BCUT2D eigenvalue weighted by Crippen LogP contribution is 2.29. The SMILES string of the molecule is CN1CCN(c2ccc(CCNC(=O)C(=O)Nc3ccc(C(F)(F)F)cc3)cc2)CC1. The molecule has 0 unspecified atom stereocenters. The van der Waals surface area contributed by atoms with E-state index in [2.05, 4.69) is 39.6 Å². The van der Waals surface area contributed by atoms with Crippen molar-refractivity contribution >= 4 is 23.2 Å². The Labute approximate surface area is 179 Å². The summed E-state index contributed by atoms with van der Waals surface area (Å²) in [6, 6.07) is 12.0. The molecule has 1 heterocycles. The maximum atomic E-state index is 12.6. The molecule has 3 rings (SSSR count). The van der Waals surface area contributed by atoms with Crippen molar-refractivity contribution in [3.8, 4) is 0 Å². The van der Waals surface area contributed by atoms with Crippen molar-refractivity contribution in [2.24, 2.45) is 0 Å². The summed E-state index contributed by atoms with van der Waals surface area (Å²) >= 11 is 0. The Morgan fingerprint density at radius 2 is 1.52 bits per heavy atom. The number of carbonyl (C=O) groups excluding carboxylic acids is 2. The van der Waals surface area contributed by atoms with Crippen molar-refractivity contribution < 1.29 is 22.8 Å². The number of amides is 2. The van der Waals surface area contributed by atoms with Gasteiger partial charge in [0.05, 0.1) is 5.56 Å². The summed E-state index contributed by atoms with van der Waals surface area (Å²) in [6.07, 6.45) is -3.90. The van der Waals surface area contributed by atoms with E-state index in [4.69, 9.17) is 0 Å². The molecule has 2 amide bonds.